The summed E-state index contributed by atoms with van der Waals surface area (Å²) in [6, 6.07) is 13.6. The number of ketones is 1. The molecule has 1 saturated carbocycles. The van der Waals surface area contributed by atoms with E-state index in [2.05, 4.69) is 12.2 Å². The second-order valence-corrected chi connectivity index (χ2v) is 8.14. The molecule has 0 aromatic heterocycles. The Labute approximate surface area is 172 Å². The Bertz CT molecular complexity index is 1020. The van der Waals surface area contributed by atoms with E-state index >= 15 is 0 Å². The van der Waals surface area contributed by atoms with E-state index in [1.54, 1.807) is 42.5 Å². The van der Waals surface area contributed by atoms with Crippen molar-refractivity contribution in [1.29, 1.82) is 0 Å². The largest absolute Gasteiger partial charge is 0.483 e. The maximum Gasteiger partial charge on any atom is 0.238 e. The van der Waals surface area contributed by atoms with Crippen LogP contribution in [-0.2, 0) is 9.59 Å². The van der Waals surface area contributed by atoms with Gasteiger partial charge < -0.3 is 4.74 Å². The quantitative estimate of drug-likeness (QED) is 0.428. The fraction of sp³-hybridized carbons (Fsp3) is 0.261. The van der Waals surface area contributed by atoms with Crippen LogP contribution < -0.4 is 9.64 Å². The van der Waals surface area contributed by atoms with Crippen molar-refractivity contribution >= 4 is 34.9 Å². The highest BCUT2D eigenvalue weighted by atomic mass is 35.5. The Kier molecular flexibility index (Phi) is 4.28. The van der Waals surface area contributed by atoms with Gasteiger partial charge in [-0.2, -0.15) is 0 Å². The molecule has 2 aromatic carbocycles. The van der Waals surface area contributed by atoms with Crippen molar-refractivity contribution in [3.8, 4) is 5.75 Å². The van der Waals surface area contributed by atoms with Gasteiger partial charge in [0.1, 0.15) is 5.75 Å². The summed E-state index contributed by atoms with van der Waals surface area (Å²) in [7, 11) is 0. The number of imide groups is 1. The van der Waals surface area contributed by atoms with E-state index in [0.29, 0.717) is 22.0 Å². The molecule has 5 rings (SSSR count). The van der Waals surface area contributed by atoms with E-state index in [9.17, 15) is 14.4 Å². The Hall–Kier alpha value is -2.92. The lowest BCUT2D eigenvalue weighted by Crippen LogP contribution is -2.33. The SMILES string of the molecule is O=C(COc1ccc(Cl)cc1N1C(=O)C2C3C=CC(C3)C2C1=O)c1ccccc1. The summed E-state index contributed by atoms with van der Waals surface area (Å²) in [5.74, 6) is -0.697. The number of halogens is 1. The first-order valence-corrected chi connectivity index (χ1v) is 9.99. The molecule has 3 aliphatic rings. The topological polar surface area (TPSA) is 63.7 Å². The number of hydrogen-bond donors (Lipinski definition) is 0. The van der Waals surface area contributed by atoms with Crippen molar-refractivity contribution in [3.05, 3.63) is 71.3 Å². The maximum absolute atomic E-state index is 13.1. The molecule has 1 saturated heterocycles. The summed E-state index contributed by atoms with van der Waals surface area (Å²) in [4.78, 5) is 39.8. The van der Waals surface area contributed by atoms with E-state index in [4.69, 9.17) is 16.3 Å². The Balaban J connectivity index is 1.42. The number of ether oxygens (including phenoxy) is 1. The molecule has 0 radical (unpaired) electrons. The fourth-order valence-corrected chi connectivity index (χ4v) is 4.94. The lowest BCUT2D eigenvalue weighted by atomic mass is 9.85. The number of fused-ring (bicyclic) bond motifs is 5. The molecule has 4 unspecified atom stereocenters. The average molecular weight is 408 g/mol. The summed E-state index contributed by atoms with van der Waals surface area (Å²) in [6.45, 7) is -0.200. The van der Waals surface area contributed by atoms with Crippen LogP contribution in [0.15, 0.2) is 60.7 Å². The number of nitrogens with zero attached hydrogens (tertiary/aromatic N) is 1. The van der Waals surface area contributed by atoms with Crippen molar-refractivity contribution in [2.75, 3.05) is 11.5 Å². The van der Waals surface area contributed by atoms with Gasteiger partial charge in [-0.3, -0.25) is 14.4 Å². The van der Waals surface area contributed by atoms with Gasteiger partial charge >= 0.3 is 0 Å². The highest BCUT2D eigenvalue weighted by molar-refractivity contribution is 6.31. The molecule has 2 aliphatic carbocycles. The fourth-order valence-electron chi connectivity index (χ4n) is 4.78. The van der Waals surface area contributed by atoms with E-state index in [0.717, 1.165) is 6.42 Å². The van der Waals surface area contributed by atoms with Crippen molar-refractivity contribution in [2.45, 2.75) is 6.42 Å². The van der Waals surface area contributed by atoms with Gasteiger partial charge in [-0.15, -0.1) is 0 Å². The van der Waals surface area contributed by atoms with E-state index in [1.807, 2.05) is 6.07 Å². The zero-order valence-electron chi connectivity index (χ0n) is 15.5. The van der Waals surface area contributed by atoms with Crippen LogP contribution in [0.25, 0.3) is 0 Å². The van der Waals surface area contributed by atoms with Gasteiger partial charge in [-0.25, -0.2) is 4.90 Å². The molecule has 2 bridgehead atoms. The first-order valence-electron chi connectivity index (χ1n) is 9.61. The second-order valence-electron chi connectivity index (χ2n) is 7.70. The third kappa shape index (κ3) is 2.88. The molecule has 2 aromatic rings. The van der Waals surface area contributed by atoms with Crippen molar-refractivity contribution in [2.24, 2.45) is 23.7 Å². The molecule has 5 nitrogen and oxygen atoms in total. The highest BCUT2D eigenvalue weighted by Crippen LogP contribution is 2.54. The van der Waals surface area contributed by atoms with Crippen LogP contribution in [-0.4, -0.2) is 24.2 Å². The van der Waals surface area contributed by atoms with Crippen LogP contribution in [0, 0.1) is 23.7 Å². The minimum atomic E-state index is -0.310. The standard InChI is InChI=1S/C23H18ClNO4/c24-16-8-9-19(29-12-18(26)13-4-2-1-3-5-13)17(11-16)25-22(27)20-14-6-7-15(10-14)21(20)23(25)28/h1-9,11,14-15,20-21H,10,12H2. The highest BCUT2D eigenvalue weighted by Gasteiger charge is 2.59. The molecule has 1 aliphatic heterocycles. The van der Waals surface area contributed by atoms with Gasteiger partial charge in [0.25, 0.3) is 0 Å². The summed E-state index contributed by atoms with van der Waals surface area (Å²) < 4.78 is 5.74. The number of rotatable bonds is 5. The summed E-state index contributed by atoms with van der Waals surface area (Å²) in [6.07, 6.45) is 4.97. The smallest absolute Gasteiger partial charge is 0.238 e. The molecule has 146 valence electrons. The van der Waals surface area contributed by atoms with Gasteiger partial charge in [-0.1, -0.05) is 54.1 Å². The third-order valence-corrected chi connectivity index (χ3v) is 6.32. The molecule has 6 heteroatoms. The molecule has 2 amide bonds. The summed E-state index contributed by atoms with van der Waals surface area (Å²) >= 11 is 6.16. The molecule has 0 spiro atoms. The number of allylic oxidation sites excluding steroid dienone is 2. The first-order chi connectivity index (χ1) is 14.0. The monoisotopic (exact) mass is 407 g/mol. The summed E-state index contributed by atoms with van der Waals surface area (Å²) in [5, 5.41) is 0.389. The number of carbonyl (C=O) groups excluding carboxylic acids is 3. The molecule has 2 fully saturated rings. The molecule has 29 heavy (non-hydrogen) atoms. The first kappa shape index (κ1) is 18.1. The van der Waals surface area contributed by atoms with Crippen LogP contribution in [0.3, 0.4) is 0 Å². The lowest BCUT2D eigenvalue weighted by molar-refractivity contribution is -0.123. The minimum Gasteiger partial charge on any atom is -0.483 e. The molecular weight excluding hydrogens is 390 g/mol. The number of Topliss-reactive ketones (excluding diaryl/α,β-unsaturated/α-hetero) is 1. The minimum absolute atomic E-state index is 0.120. The number of benzene rings is 2. The maximum atomic E-state index is 13.1. The van der Waals surface area contributed by atoms with Gasteiger partial charge in [0.05, 0.1) is 17.5 Å². The Morgan fingerprint density at radius 2 is 1.66 bits per heavy atom. The van der Waals surface area contributed by atoms with Crippen LogP contribution in [0.4, 0.5) is 5.69 Å². The van der Waals surface area contributed by atoms with Crippen molar-refractivity contribution < 1.29 is 19.1 Å². The predicted octanol–water partition coefficient (Wildman–Crippen LogP) is 3.91. The van der Waals surface area contributed by atoms with Crippen LogP contribution in [0.5, 0.6) is 5.75 Å². The van der Waals surface area contributed by atoms with Gasteiger partial charge in [0.15, 0.2) is 12.4 Å². The summed E-state index contributed by atoms with van der Waals surface area (Å²) in [5.41, 5.74) is 0.843. The molecular formula is C23H18ClNO4. The lowest BCUT2D eigenvalue weighted by Gasteiger charge is -2.21. The molecule has 4 atom stereocenters. The zero-order chi connectivity index (χ0) is 20.1. The molecule has 0 N–H and O–H groups in total. The van der Waals surface area contributed by atoms with Gasteiger partial charge in [0.2, 0.25) is 11.8 Å². The van der Waals surface area contributed by atoms with Crippen LogP contribution >= 0.6 is 11.6 Å². The number of anilines is 1. The van der Waals surface area contributed by atoms with Crippen LogP contribution in [0.2, 0.25) is 5.02 Å². The van der Waals surface area contributed by atoms with E-state index < -0.39 is 0 Å². The van der Waals surface area contributed by atoms with E-state index in [-0.39, 0.29) is 47.9 Å². The van der Waals surface area contributed by atoms with E-state index in [1.165, 1.54) is 4.90 Å². The van der Waals surface area contributed by atoms with Crippen molar-refractivity contribution in [1.82, 2.24) is 0 Å². The zero-order valence-corrected chi connectivity index (χ0v) is 16.2. The predicted molar refractivity (Wildman–Crippen MR) is 108 cm³/mol. The van der Waals surface area contributed by atoms with Gasteiger partial charge in [-0.05, 0) is 36.5 Å². The van der Waals surface area contributed by atoms with Crippen LogP contribution in [0.1, 0.15) is 16.8 Å². The number of hydrogen-bond acceptors (Lipinski definition) is 4. The number of carbonyl (C=O) groups is 3. The van der Waals surface area contributed by atoms with Gasteiger partial charge in [0, 0.05) is 10.6 Å². The Morgan fingerprint density at radius 1 is 1.00 bits per heavy atom. The molecule has 1 heterocycles. The normalized spacial score (nSPS) is 26.9. The van der Waals surface area contributed by atoms with Crippen molar-refractivity contribution in [3.63, 3.8) is 0 Å². The second kappa shape index (κ2) is 6.85. The number of amides is 2. The third-order valence-electron chi connectivity index (χ3n) is 6.09. The Morgan fingerprint density at radius 3 is 2.31 bits per heavy atom. The average Bonchev–Trinajstić information content (AvgIpc) is 3.41.